The third-order valence-corrected chi connectivity index (χ3v) is 3.36. The summed E-state index contributed by atoms with van der Waals surface area (Å²) < 4.78 is 10.6. The zero-order valence-electron chi connectivity index (χ0n) is 14.7. The van der Waals surface area contributed by atoms with Gasteiger partial charge in [0.25, 0.3) is 5.91 Å². The van der Waals surface area contributed by atoms with Gasteiger partial charge in [0.05, 0.1) is 11.7 Å². The molecule has 0 heterocycles. The van der Waals surface area contributed by atoms with E-state index in [0.29, 0.717) is 5.75 Å². The van der Waals surface area contributed by atoms with Crippen LogP contribution in [0.3, 0.4) is 0 Å². The molecule has 0 aliphatic carbocycles. The van der Waals surface area contributed by atoms with Crippen LogP contribution in [-0.4, -0.2) is 24.5 Å². The van der Waals surface area contributed by atoms with Crippen molar-refractivity contribution in [1.29, 1.82) is 5.26 Å². The van der Waals surface area contributed by atoms with Crippen molar-refractivity contribution in [3.05, 3.63) is 65.2 Å². The van der Waals surface area contributed by atoms with Gasteiger partial charge >= 0.3 is 5.97 Å². The lowest BCUT2D eigenvalue weighted by Gasteiger charge is -2.12. The van der Waals surface area contributed by atoms with Crippen molar-refractivity contribution in [2.24, 2.45) is 0 Å². The van der Waals surface area contributed by atoms with Crippen molar-refractivity contribution in [3.8, 4) is 11.8 Å². The summed E-state index contributed by atoms with van der Waals surface area (Å²) in [5, 5.41) is 11.7. The molecular weight excluding hydrogens is 332 g/mol. The second-order valence-corrected chi connectivity index (χ2v) is 5.82. The molecule has 2 aromatic carbocycles. The van der Waals surface area contributed by atoms with E-state index in [-0.39, 0.29) is 30.4 Å². The molecule has 134 valence electrons. The molecule has 6 nitrogen and oxygen atoms in total. The van der Waals surface area contributed by atoms with Crippen molar-refractivity contribution in [2.75, 3.05) is 6.54 Å². The van der Waals surface area contributed by atoms with Crippen LogP contribution >= 0.6 is 0 Å². The molecule has 0 unspecified atom stereocenters. The number of esters is 1. The fraction of sp³-hybridized carbons (Fsp3) is 0.250. The van der Waals surface area contributed by atoms with Gasteiger partial charge in [-0.05, 0) is 37.6 Å². The molecule has 6 heteroatoms. The first-order chi connectivity index (χ1) is 12.5. The summed E-state index contributed by atoms with van der Waals surface area (Å²) in [6.07, 6.45) is -0.0823. The molecule has 2 aromatic rings. The number of nitrogens with zero attached hydrogens (tertiary/aromatic N) is 1. The predicted molar refractivity (Wildman–Crippen MR) is 95.5 cm³/mol. The molecule has 0 saturated carbocycles. The number of rotatable bonds is 7. The van der Waals surface area contributed by atoms with Gasteiger partial charge in [0.15, 0.2) is 0 Å². The van der Waals surface area contributed by atoms with E-state index in [1.54, 1.807) is 12.1 Å². The first-order valence-electron chi connectivity index (χ1n) is 8.18. The Morgan fingerprint density at radius 1 is 1.15 bits per heavy atom. The van der Waals surface area contributed by atoms with Crippen molar-refractivity contribution >= 4 is 11.9 Å². The van der Waals surface area contributed by atoms with Crippen LogP contribution in [0, 0.1) is 11.3 Å². The largest absolute Gasteiger partial charge is 0.490 e. The molecule has 0 radical (unpaired) electrons. The van der Waals surface area contributed by atoms with Crippen LogP contribution in [0.1, 0.15) is 35.3 Å². The Morgan fingerprint density at radius 2 is 1.88 bits per heavy atom. The van der Waals surface area contributed by atoms with Crippen LogP contribution in [0.5, 0.6) is 5.75 Å². The quantitative estimate of drug-likeness (QED) is 0.774. The highest BCUT2D eigenvalue weighted by atomic mass is 16.5. The molecule has 0 aromatic heterocycles. The average molecular weight is 352 g/mol. The van der Waals surface area contributed by atoms with E-state index >= 15 is 0 Å². The van der Waals surface area contributed by atoms with E-state index in [1.807, 2.05) is 50.2 Å². The maximum absolute atomic E-state index is 12.2. The van der Waals surface area contributed by atoms with E-state index in [9.17, 15) is 14.9 Å². The summed E-state index contributed by atoms with van der Waals surface area (Å²) in [5.74, 6) is -0.585. The Balaban J connectivity index is 1.89. The fourth-order valence-corrected chi connectivity index (χ4v) is 2.16. The molecule has 0 atom stereocenters. The summed E-state index contributed by atoms with van der Waals surface area (Å²) in [4.78, 5) is 23.9. The van der Waals surface area contributed by atoms with Crippen molar-refractivity contribution in [3.63, 3.8) is 0 Å². The van der Waals surface area contributed by atoms with Gasteiger partial charge in [0, 0.05) is 5.56 Å². The number of carbonyl (C=O) groups is 2. The van der Waals surface area contributed by atoms with Gasteiger partial charge in [-0.25, -0.2) is 0 Å². The Morgan fingerprint density at radius 3 is 2.54 bits per heavy atom. The summed E-state index contributed by atoms with van der Waals surface area (Å²) in [6.45, 7) is 3.60. The second kappa shape index (κ2) is 9.23. The number of ether oxygens (including phenoxy) is 2. The minimum absolute atomic E-state index is 0.0823. The molecule has 0 aliphatic heterocycles. The molecule has 0 fully saturated rings. The Labute approximate surface area is 152 Å². The summed E-state index contributed by atoms with van der Waals surface area (Å²) in [7, 11) is 0. The predicted octanol–water partition coefficient (Wildman–Crippen LogP) is 2.82. The van der Waals surface area contributed by atoms with Crippen LogP contribution in [0.4, 0.5) is 0 Å². The number of benzene rings is 2. The first-order valence-corrected chi connectivity index (χ1v) is 8.18. The minimum Gasteiger partial charge on any atom is -0.490 e. The molecule has 2 rings (SSSR count). The van der Waals surface area contributed by atoms with Gasteiger partial charge in [0.2, 0.25) is 0 Å². The van der Waals surface area contributed by atoms with Gasteiger partial charge in [-0.3, -0.25) is 9.59 Å². The third-order valence-electron chi connectivity index (χ3n) is 3.36. The zero-order chi connectivity index (χ0) is 18.9. The van der Waals surface area contributed by atoms with Crippen LogP contribution in [-0.2, 0) is 16.1 Å². The molecule has 1 amide bonds. The highest BCUT2D eigenvalue weighted by Crippen LogP contribution is 2.20. The van der Waals surface area contributed by atoms with Gasteiger partial charge in [-0.1, -0.05) is 30.3 Å². The molecular formula is C20H20N2O4. The zero-order valence-corrected chi connectivity index (χ0v) is 14.7. The third kappa shape index (κ3) is 5.64. The number of nitrogens with one attached hydrogen (secondary N) is 1. The SMILES string of the molecule is CC(C)Oc1ccc(C(=O)NCC(=O)OCc2ccccc2)cc1C#N. The monoisotopic (exact) mass is 352 g/mol. The molecule has 26 heavy (non-hydrogen) atoms. The molecule has 0 bridgehead atoms. The van der Waals surface area contributed by atoms with Gasteiger partial charge in [0.1, 0.15) is 25.0 Å². The lowest BCUT2D eigenvalue weighted by molar-refractivity contribution is -0.143. The van der Waals surface area contributed by atoms with Crippen molar-refractivity contribution in [2.45, 2.75) is 26.6 Å². The van der Waals surface area contributed by atoms with E-state index in [0.717, 1.165) is 5.56 Å². The van der Waals surface area contributed by atoms with E-state index in [1.165, 1.54) is 6.07 Å². The number of amides is 1. The maximum atomic E-state index is 12.2. The maximum Gasteiger partial charge on any atom is 0.325 e. The van der Waals surface area contributed by atoms with Crippen LogP contribution in [0.2, 0.25) is 0 Å². The minimum atomic E-state index is -0.539. The summed E-state index contributed by atoms with van der Waals surface area (Å²) in [6, 6.07) is 15.8. The number of nitriles is 1. The van der Waals surface area contributed by atoms with Crippen LogP contribution in [0.15, 0.2) is 48.5 Å². The molecule has 1 N–H and O–H groups in total. The fourth-order valence-electron chi connectivity index (χ4n) is 2.16. The van der Waals surface area contributed by atoms with E-state index < -0.39 is 11.9 Å². The van der Waals surface area contributed by atoms with Gasteiger partial charge < -0.3 is 14.8 Å². The first kappa shape index (κ1) is 19.0. The van der Waals surface area contributed by atoms with E-state index in [4.69, 9.17) is 9.47 Å². The summed E-state index contributed by atoms with van der Waals surface area (Å²) >= 11 is 0. The van der Waals surface area contributed by atoms with Gasteiger partial charge in [-0.2, -0.15) is 5.26 Å². The normalized spacial score (nSPS) is 10.1. The second-order valence-electron chi connectivity index (χ2n) is 5.82. The molecule has 0 spiro atoms. The van der Waals surface area contributed by atoms with Gasteiger partial charge in [-0.15, -0.1) is 0 Å². The Bertz CT molecular complexity index is 810. The number of carbonyl (C=O) groups excluding carboxylic acids is 2. The lowest BCUT2D eigenvalue weighted by atomic mass is 10.1. The Kier molecular flexibility index (Phi) is 6.75. The molecule has 0 saturated heterocycles. The molecule has 0 aliphatic rings. The van der Waals surface area contributed by atoms with Crippen molar-refractivity contribution < 1.29 is 19.1 Å². The average Bonchev–Trinajstić information content (AvgIpc) is 2.65. The van der Waals surface area contributed by atoms with Crippen LogP contribution in [0.25, 0.3) is 0 Å². The lowest BCUT2D eigenvalue weighted by Crippen LogP contribution is -2.30. The van der Waals surface area contributed by atoms with Crippen LogP contribution < -0.4 is 10.1 Å². The van der Waals surface area contributed by atoms with Crippen molar-refractivity contribution in [1.82, 2.24) is 5.32 Å². The number of hydrogen-bond acceptors (Lipinski definition) is 5. The number of hydrogen-bond donors (Lipinski definition) is 1. The topological polar surface area (TPSA) is 88.4 Å². The summed E-state index contributed by atoms with van der Waals surface area (Å²) in [5.41, 5.74) is 1.40. The Hall–Kier alpha value is -3.33. The smallest absolute Gasteiger partial charge is 0.325 e. The van der Waals surface area contributed by atoms with E-state index in [2.05, 4.69) is 5.32 Å². The highest BCUT2D eigenvalue weighted by molar-refractivity contribution is 5.96. The highest BCUT2D eigenvalue weighted by Gasteiger charge is 2.13. The standard InChI is InChI=1S/C20H20N2O4/c1-14(2)26-18-9-8-16(10-17(18)11-21)20(24)22-12-19(23)25-13-15-6-4-3-5-7-15/h3-10,14H,12-13H2,1-2H3,(H,22,24).